The summed E-state index contributed by atoms with van der Waals surface area (Å²) in [6.45, 7) is 5.38. The van der Waals surface area contributed by atoms with Gasteiger partial charge in [0.1, 0.15) is 12.4 Å². The summed E-state index contributed by atoms with van der Waals surface area (Å²) in [6.07, 6.45) is 0.380. The zero-order chi connectivity index (χ0) is 31.4. The number of carbonyl (C=O) groups is 2. The number of benzene rings is 1. The number of hydrogen-bond donors (Lipinski definition) is 4. The molecular weight excluding hydrogens is 606 g/mol. The summed E-state index contributed by atoms with van der Waals surface area (Å²) >= 11 is 0.843. The van der Waals surface area contributed by atoms with Gasteiger partial charge in [-0.1, -0.05) is 11.2 Å². The van der Waals surface area contributed by atoms with Crippen molar-refractivity contribution in [1.82, 2.24) is 19.3 Å². The van der Waals surface area contributed by atoms with Gasteiger partial charge < -0.3 is 31.7 Å². The SMILES string of the molecule is CC1(C)[C@H](CC(=O)/C(=N\OCCOc2ccc3c(c2)CN(C(N)=NCCCN)C3)c2nsc(N)n2)C(=O)N1OS(=O)(=O)O. The van der Waals surface area contributed by atoms with E-state index in [9.17, 15) is 18.0 Å². The van der Waals surface area contributed by atoms with Crippen molar-refractivity contribution in [2.75, 3.05) is 32.0 Å². The van der Waals surface area contributed by atoms with Gasteiger partial charge in [0.15, 0.2) is 29.2 Å². The number of fused-ring (bicyclic) bond motifs is 1. The Morgan fingerprint density at radius 3 is 2.65 bits per heavy atom. The fourth-order valence-corrected chi connectivity index (χ4v) is 5.40. The van der Waals surface area contributed by atoms with Gasteiger partial charge in [0.2, 0.25) is 5.82 Å². The Bertz CT molecular complexity index is 1530. The molecule has 1 fully saturated rings. The number of anilines is 1. The molecule has 1 aromatic carbocycles. The van der Waals surface area contributed by atoms with E-state index in [1.54, 1.807) is 0 Å². The van der Waals surface area contributed by atoms with Crippen LogP contribution in [0.25, 0.3) is 0 Å². The first-order chi connectivity index (χ1) is 20.3. The summed E-state index contributed by atoms with van der Waals surface area (Å²) < 4.78 is 45.2. The Morgan fingerprint density at radius 2 is 2.00 bits per heavy atom. The maximum Gasteiger partial charge on any atom is 0.418 e. The minimum atomic E-state index is -4.93. The number of Topliss-reactive ketones (excluding diaryl/α,β-unsaturated/α-hetero) is 1. The number of oxime groups is 1. The van der Waals surface area contributed by atoms with Gasteiger partial charge in [0.05, 0.1) is 11.5 Å². The Morgan fingerprint density at radius 1 is 1.26 bits per heavy atom. The molecule has 4 rings (SSSR count). The standard InChI is InChI=1S/C24H33N9O8S2/c1-24(2)17(21(35)33(24)41-43(36,37)38)11-18(34)19(20-29-23(27)42-31-20)30-40-9-8-39-16-5-4-14-12-32(13-15(14)10-16)22(26)28-7-3-6-25/h4-5,10,17H,3,6-9,11-13,25H2,1-2H3,(H2,26,28)(H2,27,29,31)(H,36,37,38)/b30-19+/t17-/m1/s1. The lowest BCUT2D eigenvalue weighted by Crippen LogP contribution is -2.68. The molecule has 1 amide bonds. The quantitative estimate of drug-likeness (QED) is 0.0523. The van der Waals surface area contributed by atoms with Gasteiger partial charge in [0.25, 0.3) is 5.91 Å². The second-order valence-corrected chi connectivity index (χ2v) is 12.0. The summed E-state index contributed by atoms with van der Waals surface area (Å²) in [4.78, 5) is 41.3. The van der Waals surface area contributed by atoms with E-state index in [2.05, 4.69) is 23.8 Å². The Labute approximate surface area is 251 Å². The van der Waals surface area contributed by atoms with Crippen LogP contribution in [0.15, 0.2) is 28.3 Å². The number of nitrogens with zero attached hydrogens (tertiary/aromatic N) is 6. The number of hydroxylamine groups is 2. The molecule has 234 valence electrons. The van der Waals surface area contributed by atoms with Gasteiger partial charge in [-0.15, -0.1) is 4.28 Å². The first-order valence-corrected chi connectivity index (χ1v) is 15.3. The minimum Gasteiger partial charge on any atom is -0.490 e. The number of guanidine groups is 1. The van der Waals surface area contributed by atoms with E-state index < -0.39 is 33.5 Å². The third kappa shape index (κ3) is 7.73. The van der Waals surface area contributed by atoms with Crippen molar-refractivity contribution >= 4 is 50.4 Å². The summed E-state index contributed by atoms with van der Waals surface area (Å²) in [5.74, 6) is -1.44. The largest absolute Gasteiger partial charge is 0.490 e. The Hall–Kier alpha value is -3.91. The highest BCUT2D eigenvalue weighted by molar-refractivity contribution is 7.80. The Balaban J connectivity index is 1.33. The smallest absolute Gasteiger partial charge is 0.418 e. The number of amides is 1. The van der Waals surface area contributed by atoms with E-state index in [0.717, 1.165) is 29.1 Å². The molecule has 0 aliphatic carbocycles. The maximum atomic E-state index is 13.2. The molecule has 0 saturated carbocycles. The minimum absolute atomic E-state index is 0.0375. The molecule has 1 saturated heterocycles. The third-order valence-electron chi connectivity index (χ3n) is 6.81. The lowest BCUT2D eigenvalue weighted by molar-refractivity contribution is -0.228. The number of aromatic nitrogens is 2. The molecule has 2 aliphatic heterocycles. The number of ether oxygens (including phenoxy) is 1. The van der Waals surface area contributed by atoms with Crippen LogP contribution in [-0.4, -0.2) is 87.5 Å². The monoisotopic (exact) mass is 639 g/mol. The average Bonchev–Trinajstić information content (AvgIpc) is 3.57. The topological polar surface area (TPSA) is 251 Å². The first-order valence-electron chi connectivity index (χ1n) is 13.1. The Kier molecular flexibility index (Phi) is 9.80. The van der Waals surface area contributed by atoms with Crippen LogP contribution < -0.4 is 21.9 Å². The third-order valence-corrected chi connectivity index (χ3v) is 7.69. The number of nitrogen functional groups attached to an aromatic ring is 1. The summed E-state index contributed by atoms with van der Waals surface area (Å²) in [5, 5.41) is 4.48. The number of ketones is 1. The molecule has 1 aromatic heterocycles. The zero-order valence-corrected chi connectivity index (χ0v) is 25.1. The lowest BCUT2D eigenvalue weighted by Gasteiger charge is -2.50. The van der Waals surface area contributed by atoms with Crippen molar-refractivity contribution in [2.45, 2.75) is 45.3 Å². The van der Waals surface area contributed by atoms with Crippen LogP contribution >= 0.6 is 11.5 Å². The van der Waals surface area contributed by atoms with E-state index in [1.165, 1.54) is 13.8 Å². The van der Waals surface area contributed by atoms with Gasteiger partial charge >= 0.3 is 10.4 Å². The molecule has 0 radical (unpaired) electrons. The van der Waals surface area contributed by atoms with Gasteiger partial charge in [-0.2, -0.15) is 22.8 Å². The van der Waals surface area contributed by atoms with Crippen LogP contribution in [-0.2, 0) is 42.2 Å². The predicted molar refractivity (Wildman–Crippen MR) is 155 cm³/mol. The van der Waals surface area contributed by atoms with Crippen molar-refractivity contribution in [3.05, 3.63) is 35.2 Å². The molecule has 0 bridgehead atoms. The number of carbonyl (C=O) groups excluding carboxylic acids is 2. The lowest BCUT2D eigenvalue weighted by atomic mass is 9.75. The van der Waals surface area contributed by atoms with E-state index >= 15 is 0 Å². The van der Waals surface area contributed by atoms with Crippen molar-refractivity contribution in [1.29, 1.82) is 0 Å². The molecule has 17 nitrogen and oxygen atoms in total. The van der Waals surface area contributed by atoms with Crippen LogP contribution in [0.1, 0.15) is 43.6 Å². The number of β-lactam (4-membered cyclic amide) rings is 1. The molecular formula is C24H33N9O8S2. The van der Waals surface area contributed by atoms with E-state index in [0.29, 0.717) is 43.0 Å². The number of aliphatic imine (C=N–C) groups is 1. The van der Waals surface area contributed by atoms with Crippen LogP contribution in [0.3, 0.4) is 0 Å². The molecule has 2 aliphatic rings. The van der Waals surface area contributed by atoms with Gasteiger partial charge in [-0.3, -0.25) is 19.1 Å². The molecule has 2 aromatic rings. The van der Waals surface area contributed by atoms with Gasteiger partial charge in [-0.05, 0) is 50.1 Å². The normalized spacial score (nSPS) is 18.4. The molecule has 7 N–H and O–H groups in total. The highest BCUT2D eigenvalue weighted by Crippen LogP contribution is 2.40. The van der Waals surface area contributed by atoms with Crippen molar-refractivity contribution in [3.63, 3.8) is 0 Å². The van der Waals surface area contributed by atoms with Crippen LogP contribution in [0.2, 0.25) is 0 Å². The molecule has 3 heterocycles. The van der Waals surface area contributed by atoms with Crippen LogP contribution in [0, 0.1) is 5.92 Å². The van der Waals surface area contributed by atoms with Gasteiger partial charge in [0, 0.05) is 37.6 Å². The highest BCUT2D eigenvalue weighted by Gasteiger charge is 2.57. The molecule has 19 heteroatoms. The summed E-state index contributed by atoms with van der Waals surface area (Å²) in [7, 11) is -4.93. The molecule has 1 atom stereocenters. The predicted octanol–water partition coefficient (Wildman–Crippen LogP) is -0.170. The number of hydrogen-bond acceptors (Lipinski definition) is 14. The van der Waals surface area contributed by atoms with E-state index in [1.807, 2.05) is 23.1 Å². The van der Waals surface area contributed by atoms with Crippen molar-refractivity contribution in [2.24, 2.45) is 27.5 Å². The maximum absolute atomic E-state index is 13.2. The number of rotatable bonds is 14. The summed E-state index contributed by atoms with van der Waals surface area (Å²) in [6, 6.07) is 5.70. The van der Waals surface area contributed by atoms with Crippen molar-refractivity contribution in [3.8, 4) is 5.75 Å². The van der Waals surface area contributed by atoms with Gasteiger partial charge in [-0.25, -0.2) is 0 Å². The first kappa shape index (κ1) is 32.0. The van der Waals surface area contributed by atoms with Crippen LogP contribution in [0.4, 0.5) is 5.13 Å². The molecule has 43 heavy (non-hydrogen) atoms. The number of nitrogens with two attached hydrogens (primary N) is 3. The zero-order valence-electron chi connectivity index (χ0n) is 23.5. The average molecular weight is 640 g/mol. The molecule has 0 spiro atoms. The van der Waals surface area contributed by atoms with E-state index in [-0.39, 0.29) is 36.3 Å². The van der Waals surface area contributed by atoms with Crippen molar-refractivity contribution < 1.29 is 36.4 Å². The fraction of sp³-hybridized carbons (Fsp3) is 0.500. The second-order valence-electron chi connectivity index (χ2n) is 10.2. The second kappa shape index (κ2) is 13.2. The van der Waals surface area contributed by atoms with E-state index in [4.69, 9.17) is 31.3 Å². The fourth-order valence-electron chi connectivity index (χ4n) is 4.51. The summed E-state index contributed by atoms with van der Waals surface area (Å²) in [5.41, 5.74) is 18.0. The van der Waals surface area contributed by atoms with Crippen LogP contribution in [0.5, 0.6) is 5.75 Å². The highest BCUT2D eigenvalue weighted by atomic mass is 32.3. The molecule has 0 unspecified atom stereocenters.